The highest BCUT2D eigenvalue weighted by Crippen LogP contribution is 2.29. The molecular weight excluding hydrogens is 274 g/mol. The first kappa shape index (κ1) is 15.4. The summed E-state index contributed by atoms with van der Waals surface area (Å²) >= 11 is 6.13. The van der Waals surface area contributed by atoms with E-state index in [-0.39, 0.29) is 24.3 Å². The van der Waals surface area contributed by atoms with Crippen molar-refractivity contribution in [3.05, 3.63) is 47.3 Å². The third kappa shape index (κ3) is 3.45. The van der Waals surface area contributed by atoms with E-state index in [1.54, 1.807) is 6.07 Å². The first-order chi connectivity index (χ1) is 8.22. The maximum atomic E-state index is 13.3. The molecule has 2 rings (SSSR count). The first-order valence-electron chi connectivity index (χ1n) is 5.74. The lowest BCUT2D eigenvalue weighted by molar-refractivity contribution is 0.203. The molecule has 1 atom stereocenters. The van der Waals surface area contributed by atoms with Gasteiger partial charge in [-0.3, -0.25) is 4.90 Å². The normalized spacial score (nSPS) is 17.9. The lowest BCUT2D eigenvalue weighted by Gasteiger charge is -2.33. The molecule has 0 aliphatic carbocycles. The Kier molecular flexibility index (Phi) is 6.09. The maximum absolute atomic E-state index is 13.3. The number of nitrogens with one attached hydrogen (secondary N) is 1. The number of nitrogens with zero attached hydrogens (tertiary/aromatic N) is 1. The van der Waals surface area contributed by atoms with Crippen LogP contribution in [0.25, 0.3) is 0 Å². The van der Waals surface area contributed by atoms with Crippen molar-refractivity contribution >= 4 is 24.0 Å². The Morgan fingerprint density at radius 1 is 1.39 bits per heavy atom. The molecule has 1 aliphatic heterocycles. The minimum absolute atomic E-state index is 0. The topological polar surface area (TPSA) is 15.3 Å². The Bertz CT molecular complexity index is 406. The second-order valence-electron chi connectivity index (χ2n) is 4.13. The maximum Gasteiger partial charge on any atom is 0.123 e. The van der Waals surface area contributed by atoms with E-state index in [1.807, 2.05) is 6.08 Å². The van der Waals surface area contributed by atoms with Crippen LogP contribution in [0.15, 0.2) is 30.9 Å². The minimum Gasteiger partial charge on any atom is -0.314 e. The van der Waals surface area contributed by atoms with E-state index in [0.717, 1.165) is 31.7 Å². The van der Waals surface area contributed by atoms with E-state index in [2.05, 4.69) is 16.8 Å². The highest BCUT2D eigenvalue weighted by atomic mass is 35.5. The number of piperazine rings is 1. The molecule has 1 heterocycles. The summed E-state index contributed by atoms with van der Waals surface area (Å²) in [6.45, 7) is 7.56. The standard InChI is InChI=1S/C13H16ClFN2.ClH/c1-2-13(17-7-5-16-6-8-17)11-9-10(15)3-4-12(11)14;/h2-4,9,13,16H,1,5-8H2;1H/t13-;/m1./s1. The fourth-order valence-corrected chi connectivity index (χ4v) is 2.40. The highest BCUT2D eigenvalue weighted by Gasteiger charge is 2.21. The largest absolute Gasteiger partial charge is 0.314 e. The molecule has 5 heteroatoms. The second-order valence-corrected chi connectivity index (χ2v) is 4.54. The minimum atomic E-state index is -0.258. The van der Waals surface area contributed by atoms with Crippen LogP contribution in [0.3, 0.4) is 0 Å². The molecule has 0 amide bonds. The van der Waals surface area contributed by atoms with Crippen molar-refractivity contribution in [2.45, 2.75) is 6.04 Å². The molecular formula is C13H17Cl2FN2. The molecule has 1 aromatic rings. The predicted octanol–water partition coefficient (Wildman–Crippen LogP) is 3.03. The number of rotatable bonds is 3. The Labute approximate surface area is 118 Å². The van der Waals surface area contributed by atoms with Gasteiger partial charge in [0.05, 0.1) is 6.04 Å². The van der Waals surface area contributed by atoms with Crippen LogP contribution < -0.4 is 5.32 Å². The Morgan fingerprint density at radius 2 is 2.06 bits per heavy atom. The van der Waals surface area contributed by atoms with E-state index in [9.17, 15) is 4.39 Å². The summed E-state index contributed by atoms with van der Waals surface area (Å²) in [5, 5.41) is 3.88. The molecule has 0 unspecified atom stereocenters. The summed E-state index contributed by atoms with van der Waals surface area (Å²) in [6, 6.07) is 4.46. The smallest absolute Gasteiger partial charge is 0.123 e. The van der Waals surface area contributed by atoms with Gasteiger partial charge >= 0.3 is 0 Å². The Balaban J connectivity index is 0.00000162. The molecule has 2 nitrogen and oxygen atoms in total. The Morgan fingerprint density at radius 3 is 2.67 bits per heavy atom. The lowest BCUT2D eigenvalue weighted by atomic mass is 10.0. The van der Waals surface area contributed by atoms with Gasteiger partial charge in [-0.25, -0.2) is 4.39 Å². The van der Waals surface area contributed by atoms with Crippen molar-refractivity contribution in [3.8, 4) is 0 Å². The fourth-order valence-electron chi connectivity index (χ4n) is 2.17. The van der Waals surface area contributed by atoms with E-state index < -0.39 is 0 Å². The number of hydrogen-bond acceptors (Lipinski definition) is 2. The van der Waals surface area contributed by atoms with E-state index >= 15 is 0 Å². The van der Waals surface area contributed by atoms with Crippen LogP contribution in [0.2, 0.25) is 5.02 Å². The van der Waals surface area contributed by atoms with Crippen LogP contribution in [0, 0.1) is 5.82 Å². The third-order valence-corrected chi connectivity index (χ3v) is 3.39. The molecule has 0 aromatic heterocycles. The van der Waals surface area contributed by atoms with Crippen LogP contribution in [0.4, 0.5) is 4.39 Å². The molecule has 0 saturated carbocycles. The zero-order chi connectivity index (χ0) is 12.3. The molecule has 0 radical (unpaired) electrons. The second kappa shape index (κ2) is 7.10. The van der Waals surface area contributed by atoms with Crippen LogP contribution in [-0.2, 0) is 0 Å². The predicted molar refractivity (Wildman–Crippen MR) is 76.0 cm³/mol. The number of benzene rings is 1. The van der Waals surface area contributed by atoms with Gasteiger partial charge in [0.1, 0.15) is 5.82 Å². The van der Waals surface area contributed by atoms with E-state index in [1.165, 1.54) is 12.1 Å². The summed E-state index contributed by atoms with van der Waals surface area (Å²) in [5.74, 6) is -0.258. The van der Waals surface area contributed by atoms with Crippen LogP contribution >= 0.6 is 24.0 Å². The summed E-state index contributed by atoms with van der Waals surface area (Å²) in [7, 11) is 0. The van der Waals surface area contributed by atoms with Gasteiger partial charge < -0.3 is 5.32 Å². The average molecular weight is 291 g/mol. The van der Waals surface area contributed by atoms with Gasteiger partial charge in [0.15, 0.2) is 0 Å². The number of halogens is 3. The molecule has 1 aromatic carbocycles. The van der Waals surface area contributed by atoms with Crippen LogP contribution in [0.5, 0.6) is 0 Å². The van der Waals surface area contributed by atoms with Gasteiger partial charge in [0.25, 0.3) is 0 Å². The highest BCUT2D eigenvalue weighted by molar-refractivity contribution is 6.31. The summed E-state index contributed by atoms with van der Waals surface area (Å²) in [5.41, 5.74) is 0.795. The lowest BCUT2D eigenvalue weighted by Crippen LogP contribution is -2.44. The van der Waals surface area contributed by atoms with Gasteiger partial charge in [-0.2, -0.15) is 0 Å². The molecule has 1 N–H and O–H groups in total. The molecule has 0 spiro atoms. The molecule has 1 fully saturated rings. The molecule has 0 bridgehead atoms. The van der Waals surface area contributed by atoms with Crippen molar-refractivity contribution < 1.29 is 4.39 Å². The van der Waals surface area contributed by atoms with Gasteiger partial charge in [0.2, 0.25) is 0 Å². The van der Waals surface area contributed by atoms with Crippen molar-refractivity contribution in [3.63, 3.8) is 0 Å². The SMILES string of the molecule is C=C[C@H](c1cc(F)ccc1Cl)N1CCNCC1.Cl. The van der Waals surface area contributed by atoms with Gasteiger partial charge in [-0.05, 0) is 23.8 Å². The summed E-state index contributed by atoms with van der Waals surface area (Å²) in [6.07, 6.45) is 1.83. The summed E-state index contributed by atoms with van der Waals surface area (Å²) in [4.78, 5) is 2.25. The zero-order valence-electron chi connectivity index (χ0n) is 10.0. The van der Waals surface area contributed by atoms with Gasteiger partial charge in [0, 0.05) is 31.2 Å². The van der Waals surface area contributed by atoms with Crippen LogP contribution in [-0.4, -0.2) is 31.1 Å². The van der Waals surface area contributed by atoms with Gasteiger partial charge in [-0.1, -0.05) is 17.7 Å². The quantitative estimate of drug-likeness (QED) is 0.861. The number of hydrogen-bond donors (Lipinski definition) is 1. The average Bonchev–Trinajstić information content (AvgIpc) is 2.36. The van der Waals surface area contributed by atoms with Crippen molar-refractivity contribution in [2.24, 2.45) is 0 Å². The molecule has 18 heavy (non-hydrogen) atoms. The van der Waals surface area contributed by atoms with E-state index in [4.69, 9.17) is 11.6 Å². The monoisotopic (exact) mass is 290 g/mol. The Hall–Kier alpha value is -0.610. The van der Waals surface area contributed by atoms with Crippen LogP contribution in [0.1, 0.15) is 11.6 Å². The third-order valence-electron chi connectivity index (χ3n) is 3.04. The molecule has 1 aliphatic rings. The van der Waals surface area contributed by atoms with Crippen molar-refractivity contribution in [1.29, 1.82) is 0 Å². The summed E-state index contributed by atoms with van der Waals surface area (Å²) < 4.78 is 13.3. The molecule has 100 valence electrons. The van der Waals surface area contributed by atoms with Crippen molar-refractivity contribution in [1.82, 2.24) is 10.2 Å². The first-order valence-corrected chi connectivity index (χ1v) is 6.12. The fraction of sp³-hybridized carbons (Fsp3) is 0.385. The van der Waals surface area contributed by atoms with Crippen molar-refractivity contribution in [2.75, 3.05) is 26.2 Å². The zero-order valence-corrected chi connectivity index (χ0v) is 11.6. The van der Waals surface area contributed by atoms with E-state index in [0.29, 0.717) is 5.02 Å². The van der Waals surface area contributed by atoms with Gasteiger partial charge in [-0.15, -0.1) is 19.0 Å². The molecule has 1 saturated heterocycles.